The average molecular weight is 346 g/mol. The first-order chi connectivity index (χ1) is 10.0. The first-order valence-corrected chi connectivity index (χ1v) is 7.21. The van der Waals surface area contributed by atoms with Crippen molar-refractivity contribution in [2.24, 2.45) is 0 Å². The second-order valence-electron chi connectivity index (χ2n) is 4.84. The third-order valence-corrected chi connectivity index (χ3v) is 3.65. The molecular formula is C16H13BrFN3. The summed E-state index contributed by atoms with van der Waals surface area (Å²) in [6.45, 7) is 1.90. The number of nitrogens with one attached hydrogen (secondary N) is 1. The Kier molecular flexibility index (Phi) is 3.51. The molecule has 0 radical (unpaired) electrons. The van der Waals surface area contributed by atoms with Gasteiger partial charge in [-0.2, -0.15) is 0 Å². The molecule has 0 fully saturated rings. The summed E-state index contributed by atoms with van der Waals surface area (Å²) in [7, 11) is 0. The first-order valence-electron chi connectivity index (χ1n) is 6.42. The van der Waals surface area contributed by atoms with Gasteiger partial charge in [0.1, 0.15) is 5.82 Å². The molecule has 3 rings (SSSR count). The summed E-state index contributed by atoms with van der Waals surface area (Å²) in [5.74, 6) is -0.315. The van der Waals surface area contributed by atoms with E-state index in [1.54, 1.807) is 18.2 Å². The Hall–Kier alpha value is -2.14. The molecule has 2 aromatic carbocycles. The Morgan fingerprint density at radius 3 is 2.71 bits per heavy atom. The van der Waals surface area contributed by atoms with Crippen LogP contribution >= 0.6 is 15.9 Å². The number of halogens is 2. The van der Waals surface area contributed by atoms with Crippen molar-refractivity contribution >= 4 is 43.9 Å². The van der Waals surface area contributed by atoms with Gasteiger partial charge < -0.3 is 11.1 Å². The number of anilines is 3. The highest BCUT2D eigenvalue weighted by atomic mass is 79.9. The number of aryl methyl sites for hydroxylation is 1. The normalized spacial score (nSPS) is 10.8. The molecule has 0 amide bonds. The van der Waals surface area contributed by atoms with Crippen LogP contribution in [0.2, 0.25) is 0 Å². The van der Waals surface area contributed by atoms with E-state index in [0.717, 1.165) is 26.8 Å². The predicted octanol–water partition coefficient (Wildman–Crippen LogP) is 4.77. The number of nitrogen functional groups attached to an aromatic ring is 1. The van der Waals surface area contributed by atoms with Gasteiger partial charge in [-0.1, -0.05) is 15.9 Å². The van der Waals surface area contributed by atoms with Crippen LogP contribution < -0.4 is 11.1 Å². The summed E-state index contributed by atoms with van der Waals surface area (Å²) in [6.07, 6.45) is 0. The van der Waals surface area contributed by atoms with Gasteiger partial charge in [0.15, 0.2) is 0 Å². The maximum absolute atomic E-state index is 13.9. The lowest BCUT2D eigenvalue weighted by Crippen LogP contribution is -1.97. The summed E-state index contributed by atoms with van der Waals surface area (Å²) < 4.78 is 14.7. The van der Waals surface area contributed by atoms with Gasteiger partial charge in [0.25, 0.3) is 0 Å². The zero-order valence-corrected chi connectivity index (χ0v) is 12.9. The van der Waals surface area contributed by atoms with Gasteiger partial charge in [-0.3, -0.25) is 4.98 Å². The summed E-state index contributed by atoms with van der Waals surface area (Å²) in [5, 5.41) is 3.98. The molecule has 3 nitrogen and oxygen atoms in total. The van der Waals surface area contributed by atoms with E-state index < -0.39 is 0 Å². The molecule has 0 atom stereocenters. The third-order valence-electron chi connectivity index (χ3n) is 3.16. The topological polar surface area (TPSA) is 50.9 Å². The molecule has 0 aliphatic carbocycles. The van der Waals surface area contributed by atoms with Gasteiger partial charge in [-0.15, -0.1) is 0 Å². The smallest absolute Gasteiger partial charge is 0.146 e. The van der Waals surface area contributed by atoms with Gasteiger partial charge in [0, 0.05) is 26.9 Å². The number of pyridine rings is 1. The first kappa shape index (κ1) is 13.8. The Labute approximate surface area is 130 Å². The number of benzene rings is 2. The van der Waals surface area contributed by atoms with Crippen LogP contribution in [-0.2, 0) is 0 Å². The number of hydrogen-bond acceptors (Lipinski definition) is 3. The Morgan fingerprint density at radius 2 is 1.90 bits per heavy atom. The number of aromatic nitrogens is 1. The summed E-state index contributed by atoms with van der Waals surface area (Å²) in [4.78, 5) is 4.46. The fourth-order valence-electron chi connectivity index (χ4n) is 2.22. The molecule has 0 saturated heterocycles. The molecule has 0 bridgehead atoms. The predicted molar refractivity (Wildman–Crippen MR) is 88.3 cm³/mol. The fourth-order valence-corrected chi connectivity index (χ4v) is 2.58. The quantitative estimate of drug-likeness (QED) is 0.657. The number of nitrogens with zero attached hydrogens (tertiary/aromatic N) is 1. The Balaban J connectivity index is 2.15. The minimum atomic E-state index is -0.315. The van der Waals surface area contributed by atoms with Crippen LogP contribution in [-0.4, -0.2) is 4.98 Å². The summed E-state index contributed by atoms with van der Waals surface area (Å²) >= 11 is 3.35. The highest BCUT2D eigenvalue weighted by Crippen LogP contribution is 2.30. The Bertz CT molecular complexity index is 833. The van der Waals surface area contributed by atoms with E-state index in [4.69, 9.17) is 5.73 Å². The highest BCUT2D eigenvalue weighted by molar-refractivity contribution is 9.10. The summed E-state index contributed by atoms with van der Waals surface area (Å²) in [6, 6.07) is 12.1. The van der Waals surface area contributed by atoms with Gasteiger partial charge in [-0.25, -0.2) is 4.39 Å². The number of hydrogen-bond donors (Lipinski definition) is 2. The maximum atomic E-state index is 13.9. The number of rotatable bonds is 2. The monoisotopic (exact) mass is 345 g/mol. The molecule has 0 spiro atoms. The van der Waals surface area contributed by atoms with Gasteiger partial charge in [0.2, 0.25) is 0 Å². The molecule has 0 aliphatic heterocycles. The van der Waals surface area contributed by atoms with Crippen LogP contribution in [0.15, 0.2) is 46.9 Å². The molecule has 0 saturated carbocycles. The van der Waals surface area contributed by atoms with Crippen molar-refractivity contribution in [2.45, 2.75) is 6.92 Å². The zero-order chi connectivity index (χ0) is 15.0. The molecule has 1 heterocycles. The van der Waals surface area contributed by atoms with E-state index >= 15 is 0 Å². The van der Waals surface area contributed by atoms with Crippen LogP contribution in [0.3, 0.4) is 0 Å². The average Bonchev–Trinajstić information content (AvgIpc) is 2.43. The SMILES string of the molecule is Cc1cc(Nc2cc(Br)ccc2F)c2cc(N)ccc2n1. The number of fused-ring (bicyclic) bond motifs is 1. The van der Waals surface area contributed by atoms with E-state index in [9.17, 15) is 4.39 Å². The Morgan fingerprint density at radius 1 is 1.10 bits per heavy atom. The fraction of sp³-hybridized carbons (Fsp3) is 0.0625. The maximum Gasteiger partial charge on any atom is 0.146 e. The van der Waals surface area contributed by atoms with Gasteiger partial charge in [0.05, 0.1) is 11.2 Å². The van der Waals surface area contributed by atoms with Crippen LogP contribution in [0.4, 0.5) is 21.5 Å². The van der Waals surface area contributed by atoms with Crippen molar-refractivity contribution in [1.82, 2.24) is 4.98 Å². The van der Waals surface area contributed by atoms with Crippen molar-refractivity contribution in [1.29, 1.82) is 0 Å². The van der Waals surface area contributed by atoms with Crippen LogP contribution in [0.25, 0.3) is 10.9 Å². The van der Waals surface area contributed by atoms with Crippen molar-refractivity contribution in [2.75, 3.05) is 11.1 Å². The molecule has 21 heavy (non-hydrogen) atoms. The van der Waals surface area contributed by atoms with E-state index in [1.165, 1.54) is 6.07 Å². The van der Waals surface area contributed by atoms with Gasteiger partial charge in [-0.05, 0) is 49.4 Å². The van der Waals surface area contributed by atoms with Crippen LogP contribution in [0.5, 0.6) is 0 Å². The zero-order valence-electron chi connectivity index (χ0n) is 11.3. The van der Waals surface area contributed by atoms with Crippen molar-refractivity contribution < 1.29 is 4.39 Å². The number of nitrogens with two attached hydrogens (primary N) is 1. The lowest BCUT2D eigenvalue weighted by Gasteiger charge is -2.12. The van der Waals surface area contributed by atoms with Crippen LogP contribution in [0.1, 0.15) is 5.69 Å². The molecule has 3 N–H and O–H groups in total. The molecular weight excluding hydrogens is 333 g/mol. The van der Waals surface area contributed by atoms with Crippen molar-refractivity contribution in [3.63, 3.8) is 0 Å². The lowest BCUT2D eigenvalue weighted by molar-refractivity contribution is 0.631. The molecule has 1 aromatic heterocycles. The second-order valence-corrected chi connectivity index (χ2v) is 5.75. The second kappa shape index (κ2) is 5.33. The molecule has 106 valence electrons. The molecule has 0 unspecified atom stereocenters. The minimum absolute atomic E-state index is 0.315. The molecule has 0 aliphatic rings. The van der Waals surface area contributed by atoms with Gasteiger partial charge >= 0.3 is 0 Å². The van der Waals surface area contributed by atoms with E-state index in [2.05, 4.69) is 26.2 Å². The van der Waals surface area contributed by atoms with E-state index in [1.807, 2.05) is 25.1 Å². The largest absolute Gasteiger partial charge is 0.399 e. The minimum Gasteiger partial charge on any atom is -0.399 e. The standard InChI is InChI=1S/C16H13BrFN3/c1-9-6-15(12-8-11(19)3-5-14(12)20-9)21-16-7-10(17)2-4-13(16)18/h2-8H,19H2,1H3,(H,20,21). The van der Waals surface area contributed by atoms with Crippen LogP contribution in [0, 0.1) is 12.7 Å². The van der Waals surface area contributed by atoms with E-state index in [0.29, 0.717) is 11.4 Å². The van der Waals surface area contributed by atoms with Crippen molar-refractivity contribution in [3.8, 4) is 0 Å². The summed E-state index contributed by atoms with van der Waals surface area (Å²) in [5.41, 5.74) is 9.34. The molecule has 3 aromatic rings. The van der Waals surface area contributed by atoms with E-state index in [-0.39, 0.29) is 5.82 Å². The molecule has 5 heteroatoms. The lowest BCUT2D eigenvalue weighted by atomic mass is 10.1. The third kappa shape index (κ3) is 2.83. The van der Waals surface area contributed by atoms with Crippen molar-refractivity contribution in [3.05, 3.63) is 58.4 Å². The highest BCUT2D eigenvalue weighted by Gasteiger charge is 2.08.